The van der Waals surface area contributed by atoms with E-state index < -0.39 is 10.0 Å². The quantitative estimate of drug-likeness (QED) is 0.568. The standard InChI is InChI=1S/C22H30N6O3S2/c29-20(23-17-6-10-19(11-7-17)33(30,31)27-14-4-5-15-27)16-32-22-25-24-21(28(22)18-8-9-18)26-12-2-1-3-13-26/h6-7,10-11,18H,1-5,8-9,12-16H2,(H,23,29). The Bertz CT molecular complexity index is 1090. The minimum absolute atomic E-state index is 0.153. The Kier molecular flexibility index (Phi) is 6.62. The zero-order chi connectivity index (χ0) is 22.8. The fourth-order valence-electron chi connectivity index (χ4n) is 4.44. The molecule has 178 valence electrons. The minimum atomic E-state index is -3.45. The van der Waals surface area contributed by atoms with E-state index in [4.69, 9.17) is 0 Å². The Morgan fingerprint density at radius 1 is 0.970 bits per heavy atom. The molecule has 0 radical (unpaired) electrons. The van der Waals surface area contributed by atoms with Gasteiger partial charge in [-0.05, 0) is 69.2 Å². The summed E-state index contributed by atoms with van der Waals surface area (Å²) >= 11 is 1.40. The number of nitrogens with zero attached hydrogens (tertiary/aromatic N) is 5. The van der Waals surface area contributed by atoms with Gasteiger partial charge >= 0.3 is 0 Å². The summed E-state index contributed by atoms with van der Waals surface area (Å²) in [7, 11) is -3.45. The monoisotopic (exact) mass is 490 g/mol. The van der Waals surface area contributed by atoms with Crippen LogP contribution in [0.15, 0.2) is 34.3 Å². The lowest BCUT2D eigenvalue weighted by Crippen LogP contribution is -2.32. The highest BCUT2D eigenvalue weighted by molar-refractivity contribution is 7.99. The Hall–Kier alpha value is -2.11. The van der Waals surface area contributed by atoms with E-state index in [0.29, 0.717) is 24.8 Å². The molecule has 0 unspecified atom stereocenters. The number of hydrogen-bond donors (Lipinski definition) is 1. The van der Waals surface area contributed by atoms with Crippen LogP contribution >= 0.6 is 11.8 Å². The van der Waals surface area contributed by atoms with Gasteiger partial charge in [0.15, 0.2) is 5.16 Å². The molecular weight excluding hydrogens is 460 g/mol. The van der Waals surface area contributed by atoms with E-state index in [2.05, 4.69) is 25.0 Å². The van der Waals surface area contributed by atoms with Crippen molar-refractivity contribution < 1.29 is 13.2 Å². The Balaban J connectivity index is 1.19. The number of hydrogen-bond acceptors (Lipinski definition) is 7. The summed E-state index contributed by atoms with van der Waals surface area (Å²) in [6.07, 6.45) is 7.69. The average Bonchev–Trinajstić information content (AvgIpc) is 3.33. The highest BCUT2D eigenvalue weighted by Gasteiger charge is 2.32. The third-order valence-electron chi connectivity index (χ3n) is 6.37. The van der Waals surface area contributed by atoms with Crippen molar-refractivity contribution >= 4 is 39.3 Å². The van der Waals surface area contributed by atoms with Crippen LogP contribution in [0, 0.1) is 0 Å². The molecule has 0 atom stereocenters. The van der Waals surface area contributed by atoms with Crippen LogP contribution in [0.4, 0.5) is 11.6 Å². The Labute approximate surface area is 199 Å². The molecule has 0 bridgehead atoms. The first-order valence-electron chi connectivity index (χ1n) is 11.7. The van der Waals surface area contributed by atoms with E-state index in [0.717, 1.165) is 49.9 Å². The van der Waals surface area contributed by atoms with Crippen molar-refractivity contribution in [3.8, 4) is 0 Å². The summed E-state index contributed by atoms with van der Waals surface area (Å²) in [5.41, 5.74) is 0.582. The van der Waals surface area contributed by atoms with Crippen molar-refractivity contribution in [3.63, 3.8) is 0 Å². The summed E-state index contributed by atoms with van der Waals surface area (Å²) in [6.45, 7) is 3.17. The second-order valence-corrected chi connectivity index (χ2v) is 11.8. The maximum atomic E-state index is 12.7. The van der Waals surface area contributed by atoms with Gasteiger partial charge in [-0.15, -0.1) is 10.2 Å². The van der Waals surface area contributed by atoms with Crippen molar-refractivity contribution in [2.75, 3.05) is 42.1 Å². The molecule has 0 spiro atoms. The van der Waals surface area contributed by atoms with Crippen molar-refractivity contribution in [1.82, 2.24) is 19.1 Å². The number of carbonyl (C=O) groups is 1. The van der Waals surface area contributed by atoms with E-state index in [-0.39, 0.29) is 16.6 Å². The zero-order valence-corrected chi connectivity index (χ0v) is 20.3. The van der Waals surface area contributed by atoms with E-state index in [1.165, 1.54) is 35.3 Å². The number of carbonyl (C=O) groups excluding carboxylic acids is 1. The molecule has 1 aliphatic carbocycles. The number of amides is 1. The van der Waals surface area contributed by atoms with Crippen molar-refractivity contribution in [3.05, 3.63) is 24.3 Å². The molecule has 2 aromatic rings. The molecule has 1 aromatic carbocycles. The van der Waals surface area contributed by atoms with Gasteiger partial charge < -0.3 is 10.2 Å². The van der Waals surface area contributed by atoms with Crippen LogP contribution in [-0.2, 0) is 14.8 Å². The summed E-state index contributed by atoms with van der Waals surface area (Å²) in [6, 6.07) is 6.85. The molecule has 3 aliphatic rings. The first-order chi connectivity index (χ1) is 16.0. The smallest absolute Gasteiger partial charge is 0.243 e. The number of rotatable bonds is 8. The van der Waals surface area contributed by atoms with Crippen LogP contribution in [-0.4, -0.2) is 65.3 Å². The third kappa shape index (κ3) is 5.04. The number of aromatic nitrogens is 3. The fraction of sp³-hybridized carbons (Fsp3) is 0.591. The summed E-state index contributed by atoms with van der Waals surface area (Å²) < 4.78 is 29.0. The lowest BCUT2D eigenvalue weighted by molar-refractivity contribution is -0.113. The topological polar surface area (TPSA) is 100 Å². The van der Waals surface area contributed by atoms with E-state index in [1.54, 1.807) is 24.3 Å². The molecule has 11 heteroatoms. The first-order valence-corrected chi connectivity index (χ1v) is 14.2. The number of nitrogens with one attached hydrogen (secondary N) is 1. The van der Waals surface area contributed by atoms with Crippen LogP contribution < -0.4 is 10.2 Å². The highest BCUT2D eigenvalue weighted by atomic mass is 32.2. The van der Waals surface area contributed by atoms with Gasteiger partial charge in [-0.25, -0.2) is 8.42 Å². The van der Waals surface area contributed by atoms with Crippen molar-refractivity contribution in [2.45, 2.75) is 61.0 Å². The van der Waals surface area contributed by atoms with Gasteiger partial charge in [0, 0.05) is 37.9 Å². The molecule has 1 amide bonds. The minimum Gasteiger partial charge on any atom is -0.341 e. The summed E-state index contributed by atoms with van der Waals surface area (Å²) in [4.78, 5) is 15.1. The van der Waals surface area contributed by atoms with Gasteiger partial charge in [-0.3, -0.25) is 9.36 Å². The largest absolute Gasteiger partial charge is 0.341 e. The molecule has 5 rings (SSSR count). The normalized spacial score (nSPS) is 19.7. The molecule has 9 nitrogen and oxygen atoms in total. The van der Waals surface area contributed by atoms with Gasteiger partial charge in [-0.2, -0.15) is 4.31 Å². The van der Waals surface area contributed by atoms with E-state index in [1.807, 2.05) is 0 Å². The Morgan fingerprint density at radius 3 is 2.30 bits per heavy atom. The van der Waals surface area contributed by atoms with E-state index in [9.17, 15) is 13.2 Å². The molecule has 1 N–H and O–H groups in total. The Morgan fingerprint density at radius 2 is 1.64 bits per heavy atom. The van der Waals surface area contributed by atoms with E-state index >= 15 is 0 Å². The molecule has 3 fully saturated rings. The zero-order valence-electron chi connectivity index (χ0n) is 18.6. The molecule has 2 aliphatic heterocycles. The van der Waals surface area contributed by atoms with Gasteiger partial charge in [-0.1, -0.05) is 11.8 Å². The van der Waals surface area contributed by atoms with Gasteiger partial charge in [0.05, 0.1) is 10.6 Å². The van der Waals surface area contributed by atoms with Gasteiger partial charge in [0.1, 0.15) is 0 Å². The summed E-state index contributed by atoms with van der Waals surface area (Å²) in [5.74, 6) is 1.01. The second kappa shape index (κ2) is 9.63. The average molecular weight is 491 g/mol. The first kappa shape index (κ1) is 22.7. The third-order valence-corrected chi connectivity index (χ3v) is 9.23. The second-order valence-electron chi connectivity index (χ2n) is 8.90. The van der Waals surface area contributed by atoms with Gasteiger partial charge in [0.2, 0.25) is 21.9 Å². The predicted molar refractivity (Wildman–Crippen MR) is 128 cm³/mol. The van der Waals surface area contributed by atoms with Crippen molar-refractivity contribution in [2.24, 2.45) is 0 Å². The molecule has 2 saturated heterocycles. The maximum absolute atomic E-state index is 12.7. The molecule has 1 saturated carbocycles. The number of thioether (sulfide) groups is 1. The predicted octanol–water partition coefficient (Wildman–Crippen LogP) is 3.12. The van der Waals surface area contributed by atoms with Crippen LogP contribution in [0.5, 0.6) is 0 Å². The van der Waals surface area contributed by atoms with Crippen molar-refractivity contribution in [1.29, 1.82) is 0 Å². The molecule has 3 heterocycles. The number of piperidine rings is 1. The van der Waals surface area contributed by atoms with Crippen LogP contribution in [0.25, 0.3) is 0 Å². The van der Waals surface area contributed by atoms with Gasteiger partial charge in [0.25, 0.3) is 0 Å². The number of sulfonamides is 1. The number of anilines is 2. The van der Waals surface area contributed by atoms with Crippen LogP contribution in [0.2, 0.25) is 0 Å². The lowest BCUT2D eigenvalue weighted by atomic mass is 10.1. The highest BCUT2D eigenvalue weighted by Crippen LogP contribution is 2.41. The SMILES string of the molecule is O=C(CSc1nnc(N2CCCCC2)n1C1CC1)Nc1ccc(S(=O)(=O)N2CCCC2)cc1. The lowest BCUT2D eigenvalue weighted by Gasteiger charge is -2.27. The summed E-state index contributed by atoms with van der Waals surface area (Å²) in [5, 5.41) is 12.5. The van der Waals surface area contributed by atoms with Crippen LogP contribution in [0.3, 0.4) is 0 Å². The maximum Gasteiger partial charge on any atom is 0.243 e. The number of benzene rings is 1. The molecular formula is C22H30N6O3S2. The molecule has 33 heavy (non-hydrogen) atoms. The molecule has 1 aromatic heterocycles. The van der Waals surface area contributed by atoms with Crippen LogP contribution in [0.1, 0.15) is 51.0 Å². The fourth-order valence-corrected chi connectivity index (χ4v) is 6.76.